The Morgan fingerprint density at radius 3 is 2.94 bits per heavy atom. The highest BCUT2D eigenvalue weighted by atomic mass is 19.4. The Bertz CT molecular complexity index is 996. The van der Waals surface area contributed by atoms with Gasteiger partial charge in [0.1, 0.15) is 0 Å². The van der Waals surface area contributed by atoms with E-state index in [1.807, 2.05) is 18.2 Å². The molecule has 2 fully saturated rings. The quantitative estimate of drug-likeness (QED) is 0.771. The zero-order valence-corrected chi connectivity index (χ0v) is 17.9. The number of nitrogens with zero attached hydrogens (tertiary/aromatic N) is 3. The summed E-state index contributed by atoms with van der Waals surface area (Å²) in [6, 6.07) is 7.25. The number of rotatable bonds is 4. The number of carbonyl (C=O) groups excluding carboxylic acids is 1. The Kier molecular flexibility index (Phi) is 5.43. The lowest BCUT2D eigenvalue weighted by Crippen LogP contribution is -2.46. The predicted molar refractivity (Wildman–Crippen MR) is 112 cm³/mol. The maximum absolute atomic E-state index is 13.8. The number of fused-ring (bicyclic) bond motifs is 2. The van der Waals surface area contributed by atoms with Crippen molar-refractivity contribution in [1.29, 1.82) is 0 Å². The van der Waals surface area contributed by atoms with E-state index in [-0.39, 0.29) is 18.5 Å². The van der Waals surface area contributed by atoms with Crippen molar-refractivity contribution in [2.45, 2.75) is 63.8 Å². The Hall–Kier alpha value is -2.48. The summed E-state index contributed by atoms with van der Waals surface area (Å²) in [5, 5.41) is 3.58. The van der Waals surface area contributed by atoms with Crippen LogP contribution in [0.5, 0.6) is 0 Å². The molecule has 1 aliphatic heterocycles. The fraction of sp³-hybridized carbons (Fsp3) is 0.542. The van der Waals surface area contributed by atoms with Gasteiger partial charge < -0.3 is 10.2 Å². The first-order chi connectivity index (χ1) is 15.3. The molecule has 2 aromatic rings. The number of nitrogens with one attached hydrogen (secondary N) is 1. The summed E-state index contributed by atoms with van der Waals surface area (Å²) in [6.07, 6.45) is 3.43. The van der Waals surface area contributed by atoms with Crippen molar-refractivity contribution in [3.05, 3.63) is 59.2 Å². The van der Waals surface area contributed by atoms with Crippen molar-refractivity contribution in [2.75, 3.05) is 6.54 Å². The molecule has 0 bridgehead atoms. The zero-order valence-electron chi connectivity index (χ0n) is 17.9. The van der Waals surface area contributed by atoms with Gasteiger partial charge in [0.15, 0.2) is 0 Å². The van der Waals surface area contributed by atoms with E-state index in [0.717, 1.165) is 50.1 Å². The first-order valence-corrected chi connectivity index (χ1v) is 11.3. The Morgan fingerprint density at radius 2 is 2.16 bits per heavy atom. The van der Waals surface area contributed by atoms with E-state index in [2.05, 4.69) is 15.3 Å². The van der Waals surface area contributed by atoms with E-state index < -0.39 is 17.2 Å². The van der Waals surface area contributed by atoms with Crippen LogP contribution < -0.4 is 5.32 Å². The molecule has 32 heavy (non-hydrogen) atoms. The van der Waals surface area contributed by atoms with Gasteiger partial charge in [0.2, 0.25) is 5.91 Å². The molecule has 1 N–H and O–H groups in total. The van der Waals surface area contributed by atoms with Crippen LogP contribution in [0.1, 0.15) is 54.6 Å². The monoisotopic (exact) mass is 444 g/mol. The summed E-state index contributed by atoms with van der Waals surface area (Å²) >= 11 is 0. The Morgan fingerprint density at radius 1 is 1.28 bits per heavy atom. The average molecular weight is 445 g/mol. The fourth-order valence-corrected chi connectivity index (χ4v) is 5.97. The van der Waals surface area contributed by atoms with Crippen molar-refractivity contribution < 1.29 is 18.0 Å². The normalized spacial score (nSPS) is 27.3. The summed E-state index contributed by atoms with van der Waals surface area (Å²) in [7, 11) is 0. The van der Waals surface area contributed by atoms with Gasteiger partial charge in [0.05, 0.1) is 16.7 Å². The number of halogens is 3. The number of carbonyl (C=O) groups is 1. The van der Waals surface area contributed by atoms with Gasteiger partial charge in [-0.3, -0.25) is 14.8 Å². The maximum Gasteiger partial charge on any atom is 0.417 e. The highest BCUT2D eigenvalue weighted by Crippen LogP contribution is 2.55. The highest BCUT2D eigenvalue weighted by molar-refractivity contribution is 5.84. The first kappa shape index (κ1) is 21.4. The van der Waals surface area contributed by atoms with Crippen LogP contribution in [0.25, 0.3) is 0 Å². The molecule has 3 unspecified atom stereocenters. The third-order valence-corrected chi connectivity index (χ3v) is 7.51. The van der Waals surface area contributed by atoms with Crippen LogP contribution in [0.15, 0.2) is 36.7 Å². The molecule has 2 saturated carbocycles. The van der Waals surface area contributed by atoms with Crippen molar-refractivity contribution >= 4 is 5.91 Å². The molecule has 5 nitrogen and oxygen atoms in total. The van der Waals surface area contributed by atoms with Gasteiger partial charge in [-0.05, 0) is 55.4 Å². The molecule has 1 amide bonds. The fourth-order valence-electron chi connectivity index (χ4n) is 5.97. The van der Waals surface area contributed by atoms with E-state index in [1.165, 1.54) is 0 Å². The molecule has 2 aliphatic carbocycles. The van der Waals surface area contributed by atoms with Gasteiger partial charge in [0, 0.05) is 50.2 Å². The minimum atomic E-state index is -4.43. The topological polar surface area (TPSA) is 58.1 Å². The van der Waals surface area contributed by atoms with E-state index in [4.69, 9.17) is 0 Å². The third-order valence-electron chi connectivity index (χ3n) is 7.51. The van der Waals surface area contributed by atoms with Gasteiger partial charge in [-0.25, -0.2) is 0 Å². The van der Waals surface area contributed by atoms with Crippen molar-refractivity contribution in [3.63, 3.8) is 0 Å². The number of amides is 1. The van der Waals surface area contributed by atoms with Gasteiger partial charge in [-0.15, -0.1) is 0 Å². The van der Waals surface area contributed by atoms with Gasteiger partial charge in [-0.2, -0.15) is 13.2 Å². The second kappa shape index (κ2) is 8.14. The largest absolute Gasteiger partial charge is 0.417 e. The molecule has 0 saturated heterocycles. The lowest BCUT2D eigenvalue weighted by molar-refractivity contribution is -0.144. The first-order valence-electron chi connectivity index (χ1n) is 11.3. The van der Waals surface area contributed by atoms with Crippen molar-refractivity contribution in [3.8, 4) is 0 Å². The summed E-state index contributed by atoms with van der Waals surface area (Å²) in [6.45, 7) is 1.40. The molecule has 3 aliphatic rings. The minimum absolute atomic E-state index is 0.116. The second-order valence-corrected chi connectivity index (χ2v) is 9.39. The van der Waals surface area contributed by atoms with Crippen LogP contribution in [0.2, 0.25) is 0 Å². The lowest BCUT2D eigenvalue weighted by atomic mass is 9.78. The molecular formula is C24H27F3N4O. The molecule has 3 atom stereocenters. The Labute approximate surface area is 185 Å². The maximum atomic E-state index is 13.8. The predicted octanol–water partition coefficient (Wildman–Crippen LogP) is 4.12. The van der Waals surface area contributed by atoms with Crippen LogP contribution >= 0.6 is 0 Å². The molecule has 170 valence electrons. The zero-order chi connectivity index (χ0) is 22.3. The van der Waals surface area contributed by atoms with E-state index in [9.17, 15) is 18.0 Å². The van der Waals surface area contributed by atoms with Crippen LogP contribution in [0.4, 0.5) is 13.2 Å². The average Bonchev–Trinajstić information content (AvgIpc) is 3.34. The number of hydrogen-bond acceptors (Lipinski definition) is 4. The van der Waals surface area contributed by atoms with Crippen LogP contribution in [0.3, 0.4) is 0 Å². The summed E-state index contributed by atoms with van der Waals surface area (Å²) in [4.78, 5) is 23.9. The molecule has 3 heterocycles. The third kappa shape index (κ3) is 3.89. The van der Waals surface area contributed by atoms with Gasteiger partial charge in [-0.1, -0.05) is 12.5 Å². The van der Waals surface area contributed by atoms with Crippen molar-refractivity contribution in [2.24, 2.45) is 11.3 Å². The van der Waals surface area contributed by atoms with Crippen LogP contribution in [0, 0.1) is 11.3 Å². The summed E-state index contributed by atoms with van der Waals surface area (Å²) in [5.41, 5.74) is 1.03. The molecule has 0 spiro atoms. The molecule has 8 heteroatoms. The smallest absolute Gasteiger partial charge is 0.337 e. The lowest BCUT2D eigenvalue weighted by Gasteiger charge is -2.37. The van der Waals surface area contributed by atoms with Crippen LogP contribution in [-0.4, -0.2) is 33.4 Å². The SMILES string of the molecule is O=C(N1CCc2ncc(C(F)(F)F)cc2C1)C12CCCC1CC(NCc1ccccn1)C2. The van der Waals surface area contributed by atoms with E-state index in [0.29, 0.717) is 36.7 Å². The molecule has 0 aromatic carbocycles. The van der Waals surface area contributed by atoms with E-state index >= 15 is 0 Å². The summed E-state index contributed by atoms with van der Waals surface area (Å²) in [5.74, 6) is 0.447. The van der Waals surface area contributed by atoms with Gasteiger partial charge >= 0.3 is 6.18 Å². The number of alkyl halides is 3. The van der Waals surface area contributed by atoms with Gasteiger partial charge in [0.25, 0.3) is 0 Å². The van der Waals surface area contributed by atoms with E-state index in [1.54, 1.807) is 11.1 Å². The molecule has 2 aromatic heterocycles. The number of pyridine rings is 2. The molecule has 0 radical (unpaired) electrons. The second-order valence-electron chi connectivity index (χ2n) is 9.39. The van der Waals surface area contributed by atoms with Crippen molar-refractivity contribution in [1.82, 2.24) is 20.2 Å². The highest BCUT2D eigenvalue weighted by Gasteiger charge is 2.56. The minimum Gasteiger partial charge on any atom is -0.337 e. The number of aromatic nitrogens is 2. The number of hydrogen-bond donors (Lipinski definition) is 1. The van der Waals surface area contributed by atoms with Crippen LogP contribution in [-0.2, 0) is 30.5 Å². The Balaban J connectivity index is 1.30. The standard InChI is InChI=1S/C24H27F3N4O/c25-24(26,27)18-10-16-15-31(9-6-21(16)30-13-18)22(32)23-7-3-4-17(23)11-20(12-23)29-14-19-5-1-2-8-28-19/h1-2,5,8,10,13,17,20,29H,3-4,6-7,9,11-12,14-15H2. The molecular weight excluding hydrogens is 417 g/mol. The molecule has 5 rings (SSSR count). The summed E-state index contributed by atoms with van der Waals surface area (Å²) < 4.78 is 39.4.